The number of carbonyl (C=O) groups is 3. The molecule has 1 N–H and O–H groups in total. The van der Waals surface area contributed by atoms with Crippen LogP contribution in [-0.2, 0) is 23.9 Å². The number of ether oxygens (including phenoxy) is 2. The van der Waals surface area contributed by atoms with Crippen molar-refractivity contribution in [2.24, 2.45) is 17.8 Å². The van der Waals surface area contributed by atoms with Crippen LogP contribution in [0.2, 0.25) is 0 Å². The molecule has 0 spiro atoms. The van der Waals surface area contributed by atoms with Crippen LogP contribution in [0.5, 0.6) is 0 Å². The SMILES string of the molecule is COC(CC1CCCC(C(=O)C(=O)N2CCCCC2)O1)/C(C)=C/C=C/C=C/C(C)CC(C)C(=O)CC(O)/C(C)=C/C(C)C. The van der Waals surface area contributed by atoms with E-state index in [1.54, 1.807) is 12.0 Å². The number of hydrogen-bond acceptors (Lipinski definition) is 6. The molecule has 0 bridgehead atoms. The van der Waals surface area contributed by atoms with Crippen LogP contribution in [0.3, 0.4) is 0 Å². The fourth-order valence-electron chi connectivity index (χ4n) is 5.95. The number of piperidine rings is 1. The summed E-state index contributed by atoms with van der Waals surface area (Å²) in [6.07, 6.45) is 17.3. The van der Waals surface area contributed by atoms with Crippen molar-refractivity contribution in [3.63, 3.8) is 0 Å². The topological polar surface area (TPSA) is 93.1 Å². The minimum absolute atomic E-state index is 0.0928. The van der Waals surface area contributed by atoms with Gasteiger partial charge in [-0.15, -0.1) is 0 Å². The van der Waals surface area contributed by atoms with Crippen molar-refractivity contribution in [2.75, 3.05) is 20.2 Å². The van der Waals surface area contributed by atoms with Crippen molar-refractivity contribution in [3.05, 3.63) is 47.6 Å². The summed E-state index contributed by atoms with van der Waals surface area (Å²) >= 11 is 0. The molecule has 0 aromatic heterocycles. The van der Waals surface area contributed by atoms with Gasteiger partial charge in [-0.2, -0.15) is 0 Å². The van der Waals surface area contributed by atoms with Gasteiger partial charge in [0.2, 0.25) is 5.78 Å². The van der Waals surface area contributed by atoms with E-state index in [-0.39, 0.29) is 42.2 Å². The van der Waals surface area contributed by atoms with Crippen molar-refractivity contribution < 1.29 is 29.0 Å². The van der Waals surface area contributed by atoms with Crippen LogP contribution < -0.4 is 0 Å². The van der Waals surface area contributed by atoms with Crippen molar-refractivity contribution in [3.8, 4) is 0 Å². The molecule has 2 saturated heterocycles. The quantitative estimate of drug-likeness (QED) is 0.123. The summed E-state index contributed by atoms with van der Waals surface area (Å²) in [4.78, 5) is 39.9. The van der Waals surface area contributed by atoms with Gasteiger partial charge in [0.05, 0.1) is 18.3 Å². The van der Waals surface area contributed by atoms with Crippen molar-refractivity contribution in [2.45, 2.75) is 124 Å². The lowest BCUT2D eigenvalue weighted by molar-refractivity contribution is -0.157. The van der Waals surface area contributed by atoms with E-state index in [9.17, 15) is 19.5 Å². The standard InChI is InChI=1S/C36H57NO6/c1-25(2)21-28(5)31(38)24-32(39)29(6)22-26(3)15-10-8-11-16-27(4)34(42-7)23-30-17-14-18-33(43-30)35(40)36(41)37-19-12-9-13-20-37/h8,10-11,15-16,21,25-26,29-31,33-34,38H,9,12-14,17-20,22-24H2,1-7H3/b11-8+,15-10+,27-16+,28-21+. The van der Waals surface area contributed by atoms with Crippen LogP contribution in [0, 0.1) is 17.8 Å². The number of likely N-dealkylation sites (tertiary alicyclic amines) is 1. The van der Waals surface area contributed by atoms with Crippen LogP contribution in [0.1, 0.15) is 99.3 Å². The third-order valence-corrected chi connectivity index (χ3v) is 8.58. The Morgan fingerprint density at radius 1 is 0.953 bits per heavy atom. The van der Waals surface area contributed by atoms with E-state index in [4.69, 9.17) is 9.47 Å². The second-order valence-corrected chi connectivity index (χ2v) is 13.0. The molecule has 2 heterocycles. The normalized spacial score (nSPS) is 23.5. The molecule has 7 heteroatoms. The monoisotopic (exact) mass is 599 g/mol. The molecule has 2 rings (SSSR count). The van der Waals surface area contributed by atoms with Crippen molar-refractivity contribution >= 4 is 17.5 Å². The maximum atomic E-state index is 12.9. The van der Waals surface area contributed by atoms with E-state index in [0.717, 1.165) is 49.7 Å². The molecule has 6 atom stereocenters. The zero-order chi connectivity index (χ0) is 31.9. The lowest BCUT2D eigenvalue weighted by Crippen LogP contribution is -2.46. The van der Waals surface area contributed by atoms with Gasteiger partial charge in [-0.05, 0) is 81.8 Å². The molecular weight excluding hydrogens is 542 g/mol. The number of aliphatic hydroxyl groups excluding tert-OH is 1. The van der Waals surface area contributed by atoms with Gasteiger partial charge in [0.1, 0.15) is 11.9 Å². The lowest BCUT2D eigenvalue weighted by atomic mass is 9.90. The summed E-state index contributed by atoms with van der Waals surface area (Å²) in [6, 6.07) is 0. The lowest BCUT2D eigenvalue weighted by Gasteiger charge is -2.33. The number of amides is 1. The number of ketones is 2. The van der Waals surface area contributed by atoms with Gasteiger partial charge >= 0.3 is 0 Å². The molecule has 1 amide bonds. The highest BCUT2D eigenvalue weighted by Crippen LogP contribution is 2.26. The predicted octanol–water partition coefficient (Wildman–Crippen LogP) is 6.55. The van der Waals surface area contributed by atoms with Gasteiger partial charge < -0.3 is 19.5 Å². The molecule has 43 heavy (non-hydrogen) atoms. The summed E-state index contributed by atoms with van der Waals surface area (Å²) in [5.74, 6) is -0.240. The molecule has 242 valence electrons. The number of methoxy groups -OCH3 is 1. The number of rotatable bonds is 16. The molecule has 2 fully saturated rings. The van der Waals surface area contributed by atoms with Gasteiger partial charge in [-0.1, -0.05) is 64.2 Å². The first-order valence-electron chi connectivity index (χ1n) is 16.3. The minimum atomic E-state index is -0.709. The van der Waals surface area contributed by atoms with E-state index in [1.165, 1.54) is 0 Å². The molecule has 2 aliphatic heterocycles. The Kier molecular flexibility index (Phi) is 16.4. The van der Waals surface area contributed by atoms with Gasteiger partial charge in [-0.3, -0.25) is 14.4 Å². The Hall–Kier alpha value is -2.35. The second kappa shape index (κ2) is 19.1. The average molecular weight is 600 g/mol. The molecule has 0 aromatic carbocycles. The third kappa shape index (κ3) is 13.0. The van der Waals surface area contributed by atoms with E-state index >= 15 is 0 Å². The fraction of sp³-hybridized carbons (Fsp3) is 0.694. The highest BCUT2D eigenvalue weighted by Gasteiger charge is 2.35. The molecule has 6 unspecified atom stereocenters. The molecule has 0 saturated carbocycles. The van der Waals surface area contributed by atoms with Crippen LogP contribution >= 0.6 is 0 Å². The maximum Gasteiger partial charge on any atom is 0.292 e. The Morgan fingerprint density at radius 3 is 2.30 bits per heavy atom. The van der Waals surface area contributed by atoms with E-state index in [1.807, 2.05) is 51.2 Å². The first-order valence-corrected chi connectivity index (χ1v) is 16.3. The smallest absolute Gasteiger partial charge is 0.292 e. The molecule has 7 nitrogen and oxygen atoms in total. The fourth-order valence-corrected chi connectivity index (χ4v) is 5.95. The van der Waals surface area contributed by atoms with Gasteiger partial charge in [0.25, 0.3) is 5.91 Å². The zero-order valence-corrected chi connectivity index (χ0v) is 27.7. The van der Waals surface area contributed by atoms with Gasteiger partial charge in [0, 0.05) is 39.0 Å². The number of carbonyl (C=O) groups excluding carboxylic acids is 3. The summed E-state index contributed by atoms with van der Waals surface area (Å²) in [6.45, 7) is 13.4. The van der Waals surface area contributed by atoms with E-state index in [0.29, 0.717) is 31.8 Å². The number of nitrogens with zero attached hydrogens (tertiary/aromatic N) is 1. The number of hydrogen-bond donors (Lipinski definition) is 1. The number of aliphatic hydroxyl groups is 1. The van der Waals surface area contributed by atoms with Crippen LogP contribution in [0.25, 0.3) is 0 Å². The molecule has 0 radical (unpaired) electrons. The first kappa shape index (κ1) is 36.8. The molecular formula is C36H57NO6. The van der Waals surface area contributed by atoms with Crippen LogP contribution in [0.15, 0.2) is 47.6 Å². The second-order valence-electron chi connectivity index (χ2n) is 13.0. The summed E-state index contributed by atoms with van der Waals surface area (Å²) in [5, 5.41) is 10.4. The number of allylic oxidation sites excluding steroid dienone is 6. The van der Waals surface area contributed by atoms with Crippen LogP contribution in [-0.4, -0.2) is 72.1 Å². The highest BCUT2D eigenvalue weighted by molar-refractivity contribution is 6.37. The van der Waals surface area contributed by atoms with Crippen molar-refractivity contribution in [1.82, 2.24) is 4.90 Å². The Bertz CT molecular complexity index is 1020. The van der Waals surface area contributed by atoms with Crippen molar-refractivity contribution in [1.29, 1.82) is 0 Å². The Labute approximate surface area is 260 Å². The zero-order valence-electron chi connectivity index (χ0n) is 27.7. The maximum absolute atomic E-state index is 12.9. The van der Waals surface area contributed by atoms with Gasteiger partial charge in [-0.25, -0.2) is 0 Å². The summed E-state index contributed by atoms with van der Waals surface area (Å²) in [7, 11) is 1.68. The minimum Gasteiger partial charge on any atom is -0.388 e. The summed E-state index contributed by atoms with van der Waals surface area (Å²) in [5.41, 5.74) is 1.92. The Morgan fingerprint density at radius 2 is 1.65 bits per heavy atom. The number of Topliss-reactive ketones (excluding diaryl/α,β-unsaturated/α-hetero) is 2. The highest BCUT2D eigenvalue weighted by atomic mass is 16.5. The summed E-state index contributed by atoms with van der Waals surface area (Å²) < 4.78 is 11.9. The third-order valence-electron chi connectivity index (χ3n) is 8.58. The molecule has 0 aliphatic carbocycles. The predicted molar refractivity (Wildman–Crippen MR) is 173 cm³/mol. The van der Waals surface area contributed by atoms with Crippen LogP contribution in [0.4, 0.5) is 0 Å². The Balaban J connectivity index is 1.82. The average Bonchev–Trinajstić information content (AvgIpc) is 2.98. The molecule has 2 aliphatic rings. The van der Waals surface area contributed by atoms with E-state index < -0.39 is 18.0 Å². The van der Waals surface area contributed by atoms with E-state index in [2.05, 4.69) is 26.8 Å². The molecule has 0 aromatic rings. The van der Waals surface area contributed by atoms with Gasteiger partial charge in [0.15, 0.2) is 0 Å². The first-order chi connectivity index (χ1) is 20.4. The largest absolute Gasteiger partial charge is 0.388 e.